The number of aromatic nitrogens is 1. The van der Waals surface area contributed by atoms with Crippen LogP contribution in [0.25, 0.3) is 0 Å². The highest BCUT2D eigenvalue weighted by molar-refractivity contribution is 5.98. The van der Waals surface area contributed by atoms with Crippen LogP contribution in [0.1, 0.15) is 41.7 Å². The van der Waals surface area contributed by atoms with E-state index < -0.39 is 5.60 Å². The summed E-state index contributed by atoms with van der Waals surface area (Å²) in [6, 6.07) is 1.69. The number of pyridine rings is 1. The van der Waals surface area contributed by atoms with Crippen LogP contribution in [0.2, 0.25) is 0 Å². The maximum atomic E-state index is 12.3. The van der Waals surface area contributed by atoms with Crippen molar-refractivity contribution >= 4 is 11.6 Å². The van der Waals surface area contributed by atoms with Gasteiger partial charge in [-0.05, 0) is 25.8 Å². The highest BCUT2D eigenvalue weighted by Crippen LogP contribution is 2.30. The average molecular weight is 263 g/mol. The van der Waals surface area contributed by atoms with Gasteiger partial charge in [-0.1, -0.05) is 12.8 Å². The summed E-state index contributed by atoms with van der Waals surface area (Å²) in [6.07, 6.45) is 5.06. The summed E-state index contributed by atoms with van der Waals surface area (Å²) in [4.78, 5) is 17.9. The second-order valence-electron chi connectivity index (χ2n) is 5.51. The van der Waals surface area contributed by atoms with Crippen molar-refractivity contribution in [3.8, 4) is 0 Å². The first kappa shape index (κ1) is 13.8. The van der Waals surface area contributed by atoms with Crippen molar-refractivity contribution < 1.29 is 9.90 Å². The minimum absolute atomic E-state index is 0.190. The summed E-state index contributed by atoms with van der Waals surface area (Å²) in [5.41, 5.74) is 6.73. The number of aliphatic hydroxyl groups is 1. The Labute approximate surface area is 113 Å². The highest BCUT2D eigenvalue weighted by Gasteiger charge is 2.33. The molecule has 0 spiro atoms. The molecule has 5 nitrogen and oxygen atoms in total. The fourth-order valence-corrected chi connectivity index (χ4v) is 2.67. The number of hydrogen-bond acceptors (Lipinski definition) is 4. The Morgan fingerprint density at radius 1 is 1.53 bits per heavy atom. The zero-order valence-corrected chi connectivity index (χ0v) is 11.5. The number of carbonyl (C=O) groups is 1. The second kappa shape index (κ2) is 5.17. The third kappa shape index (κ3) is 3.04. The molecule has 1 saturated carbocycles. The van der Waals surface area contributed by atoms with Gasteiger partial charge in [0.15, 0.2) is 0 Å². The van der Waals surface area contributed by atoms with Crippen LogP contribution in [0.4, 0.5) is 5.69 Å². The van der Waals surface area contributed by atoms with E-state index in [4.69, 9.17) is 5.73 Å². The smallest absolute Gasteiger partial charge is 0.257 e. The molecule has 0 unspecified atom stereocenters. The maximum absolute atomic E-state index is 12.3. The number of nitrogens with two attached hydrogens (primary N) is 1. The molecule has 1 aliphatic rings. The molecular weight excluding hydrogens is 242 g/mol. The summed E-state index contributed by atoms with van der Waals surface area (Å²) >= 11 is 0. The predicted octanol–water partition coefficient (Wildman–Crippen LogP) is 1.35. The molecule has 1 amide bonds. The molecule has 19 heavy (non-hydrogen) atoms. The Balaban J connectivity index is 2.10. The standard InChI is InChI=1S/C14H21N3O2/c1-10-7-12(15)11(8-16-10)13(18)17(2)9-14(19)5-3-4-6-14/h7-8,19H,3-6,9H2,1-2H3,(H2,15,16). The van der Waals surface area contributed by atoms with Gasteiger partial charge in [0.2, 0.25) is 0 Å². The number of amides is 1. The molecular formula is C14H21N3O2. The zero-order valence-electron chi connectivity index (χ0n) is 11.5. The van der Waals surface area contributed by atoms with Crippen LogP contribution in [0.15, 0.2) is 12.3 Å². The van der Waals surface area contributed by atoms with Crippen molar-refractivity contribution in [2.24, 2.45) is 0 Å². The van der Waals surface area contributed by atoms with E-state index in [1.807, 2.05) is 6.92 Å². The van der Waals surface area contributed by atoms with Gasteiger partial charge < -0.3 is 15.7 Å². The van der Waals surface area contributed by atoms with Gasteiger partial charge in [-0.15, -0.1) is 0 Å². The zero-order chi connectivity index (χ0) is 14.0. The van der Waals surface area contributed by atoms with Crippen LogP contribution >= 0.6 is 0 Å². The molecule has 0 atom stereocenters. The number of anilines is 1. The third-order valence-electron chi connectivity index (χ3n) is 3.72. The monoisotopic (exact) mass is 263 g/mol. The van der Waals surface area contributed by atoms with E-state index in [1.165, 1.54) is 11.1 Å². The molecule has 0 saturated heterocycles. The van der Waals surface area contributed by atoms with E-state index >= 15 is 0 Å². The van der Waals surface area contributed by atoms with Crippen molar-refractivity contribution in [3.05, 3.63) is 23.5 Å². The quantitative estimate of drug-likeness (QED) is 0.862. The van der Waals surface area contributed by atoms with Crippen molar-refractivity contribution in [2.45, 2.75) is 38.2 Å². The van der Waals surface area contributed by atoms with Gasteiger partial charge in [-0.2, -0.15) is 0 Å². The lowest BCUT2D eigenvalue weighted by Crippen LogP contribution is -2.42. The van der Waals surface area contributed by atoms with Gasteiger partial charge >= 0.3 is 0 Å². The second-order valence-corrected chi connectivity index (χ2v) is 5.51. The maximum Gasteiger partial charge on any atom is 0.257 e. The van der Waals surface area contributed by atoms with Crippen molar-refractivity contribution in [3.63, 3.8) is 0 Å². The Morgan fingerprint density at radius 3 is 2.74 bits per heavy atom. The molecule has 0 bridgehead atoms. The fraction of sp³-hybridized carbons (Fsp3) is 0.571. The van der Waals surface area contributed by atoms with Crippen LogP contribution in [-0.2, 0) is 0 Å². The van der Waals surface area contributed by atoms with Crippen LogP contribution in [-0.4, -0.2) is 40.1 Å². The van der Waals surface area contributed by atoms with E-state index in [-0.39, 0.29) is 5.91 Å². The van der Waals surface area contributed by atoms with E-state index in [2.05, 4.69) is 4.98 Å². The molecule has 0 aromatic carbocycles. The fourth-order valence-electron chi connectivity index (χ4n) is 2.67. The molecule has 2 rings (SSSR count). The number of aryl methyl sites for hydroxylation is 1. The summed E-state index contributed by atoms with van der Waals surface area (Å²) < 4.78 is 0. The molecule has 1 aromatic heterocycles. The number of nitrogens with zero attached hydrogens (tertiary/aromatic N) is 2. The lowest BCUT2D eigenvalue weighted by molar-refractivity contribution is 0.0157. The normalized spacial score (nSPS) is 17.4. The first-order chi connectivity index (χ1) is 8.91. The van der Waals surface area contributed by atoms with E-state index in [0.717, 1.165) is 31.4 Å². The Kier molecular flexibility index (Phi) is 3.75. The average Bonchev–Trinajstić information content (AvgIpc) is 2.75. The van der Waals surface area contributed by atoms with Crippen LogP contribution < -0.4 is 5.73 Å². The number of likely N-dealkylation sites (N-methyl/N-ethyl adjacent to an activating group) is 1. The Hall–Kier alpha value is -1.62. The lowest BCUT2D eigenvalue weighted by Gasteiger charge is -2.28. The van der Waals surface area contributed by atoms with Crippen LogP contribution in [0.5, 0.6) is 0 Å². The van der Waals surface area contributed by atoms with Gasteiger partial charge in [0.1, 0.15) is 0 Å². The molecule has 1 aromatic rings. The summed E-state index contributed by atoms with van der Waals surface area (Å²) in [6.45, 7) is 2.18. The predicted molar refractivity (Wildman–Crippen MR) is 73.8 cm³/mol. The summed E-state index contributed by atoms with van der Waals surface area (Å²) in [5.74, 6) is -0.190. The lowest BCUT2D eigenvalue weighted by atomic mass is 10.0. The molecule has 3 N–H and O–H groups in total. The third-order valence-corrected chi connectivity index (χ3v) is 3.72. The topological polar surface area (TPSA) is 79.5 Å². The molecule has 0 aliphatic heterocycles. The summed E-state index contributed by atoms with van der Waals surface area (Å²) in [5, 5.41) is 10.3. The number of carbonyl (C=O) groups excluding carboxylic acids is 1. The molecule has 5 heteroatoms. The first-order valence-electron chi connectivity index (χ1n) is 6.61. The van der Waals surface area contributed by atoms with Gasteiger partial charge in [0.25, 0.3) is 5.91 Å². The van der Waals surface area contributed by atoms with Gasteiger partial charge in [0, 0.05) is 31.2 Å². The highest BCUT2D eigenvalue weighted by atomic mass is 16.3. The minimum Gasteiger partial charge on any atom is -0.398 e. The number of nitrogen functional groups attached to an aromatic ring is 1. The molecule has 1 fully saturated rings. The SMILES string of the molecule is Cc1cc(N)c(C(=O)N(C)CC2(O)CCCC2)cn1. The number of hydrogen-bond donors (Lipinski definition) is 2. The molecule has 104 valence electrons. The van der Waals surface area contributed by atoms with Crippen molar-refractivity contribution in [1.29, 1.82) is 0 Å². The van der Waals surface area contributed by atoms with Crippen molar-refractivity contribution in [1.82, 2.24) is 9.88 Å². The largest absolute Gasteiger partial charge is 0.398 e. The van der Waals surface area contributed by atoms with Crippen molar-refractivity contribution in [2.75, 3.05) is 19.3 Å². The van der Waals surface area contributed by atoms with E-state index in [1.54, 1.807) is 13.1 Å². The van der Waals surface area contributed by atoms with Gasteiger partial charge in [-0.3, -0.25) is 9.78 Å². The molecule has 0 radical (unpaired) electrons. The summed E-state index contributed by atoms with van der Waals surface area (Å²) in [7, 11) is 1.69. The van der Waals surface area contributed by atoms with E-state index in [0.29, 0.717) is 17.8 Å². The van der Waals surface area contributed by atoms with Gasteiger partial charge in [-0.25, -0.2) is 0 Å². The molecule has 1 aliphatic carbocycles. The molecule has 1 heterocycles. The van der Waals surface area contributed by atoms with Gasteiger partial charge in [0.05, 0.1) is 11.2 Å². The minimum atomic E-state index is -0.739. The van der Waals surface area contributed by atoms with Crippen LogP contribution in [0.3, 0.4) is 0 Å². The van der Waals surface area contributed by atoms with E-state index in [9.17, 15) is 9.90 Å². The number of rotatable bonds is 3. The Morgan fingerprint density at radius 2 is 2.16 bits per heavy atom. The first-order valence-corrected chi connectivity index (χ1v) is 6.61. The van der Waals surface area contributed by atoms with Crippen LogP contribution in [0, 0.1) is 6.92 Å². The Bertz CT molecular complexity index is 482.